The van der Waals surface area contributed by atoms with Gasteiger partial charge >= 0.3 is 0 Å². The summed E-state index contributed by atoms with van der Waals surface area (Å²) in [5, 5.41) is 11.6. The Morgan fingerprint density at radius 2 is 1.90 bits per heavy atom. The Hall–Kier alpha value is -2.13. The standard InChI is InChI=1S/C17H17NO2/c19-9-3-6-17(20)18-14-7-8-16-13(11-14)10-12-4-1-2-5-15(12)16/h1-2,4-5,7-8,11,19H,3,6,9-10H2,(H,18,20). The number of benzene rings is 2. The number of aliphatic hydroxyl groups excluding tert-OH is 1. The number of nitrogens with one attached hydrogen (secondary N) is 1. The van der Waals surface area contributed by atoms with Crippen LogP contribution in [0.2, 0.25) is 0 Å². The average Bonchev–Trinajstić information content (AvgIpc) is 2.82. The summed E-state index contributed by atoms with van der Waals surface area (Å²) >= 11 is 0. The van der Waals surface area contributed by atoms with Gasteiger partial charge in [0.1, 0.15) is 0 Å². The second-order valence-corrected chi connectivity index (χ2v) is 5.08. The first-order valence-corrected chi connectivity index (χ1v) is 6.90. The molecule has 3 heteroatoms. The van der Waals surface area contributed by atoms with Crippen LogP contribution >= 0.6 is 0 Å². The van der Waals surface area contributed by atoms with E-state index in [9.17, 15) is 4.79 Å². The summed E-state index contributed by atoms with van der Waals surface area (Å²) in [4.78, 5) is 11.7. The largest absolute Gasteiger partial charge is 0.396 e. The van der Waals surface area contributed by atoms with E-state index in [1.54, 1.807) is 0 Å². The van der Waals surface area contributed by atoms with Crippen LogP contribution in [0.5, 0.6) is 0 Å². The number of anilines is 1. The fourth-order valence-electron chi connectivity index (χ4n) is 2.69. The Labute approximate surface area is 118 Å². The lowest BCUT2D eigenvalue weighted by atomic mass is 10.1. The van der Waals surface area contributed by atoms with Gasteiger partial charge in [-0.15, -0.1) is 0 Å². The summed E-state index contributed by atoms with van der Waals surface area (Å²) < 4.78 is 0. The van der Waals surface area contributed by atoms with Crippen LogP contribution in [0.25, 0.3) is 11.1 Å². The first-order valence-electron chi connectivity index (χ1n) is 6.90. The van der Waals surface area contributed by atoms with Gasteiger partial charge in [0, 0.05) is 18.7 Å². The highest BCUT2D eigenvalue weighted by Crippen LogP contribution is 2.37. The smallest absolute Gasteiger partial charge is 0.224 e. The van der Waals surface area contributed by atoms with Crippen molar-refractivity contribution in [2.24, 2.45) is 0 Å². The Balaban J connectivity index is 1.79. The maximum atomic E-state index is 11.7. The molecule has 2 aromatic rings. The second kappa shape index (κ2) is 5.47. The quantitative estimate of drug-likeness (QED) is 0.763. The third kappa shape index (κ3) is 2.45. The van der Waals surface area contributed by atoms with E-state index in [1.165, 1.54) is 22.3 Å². The molecule has 0 saturated heterocycles. The highest BCUT2D eigenvalue weighted by atomic mass is 16.3. The molecule has 1 aliphatic rings. The number of carbonyl (C=O) groups excluding carboxylic acids is 1. The Kier molecular flexibility index (Phi) is 3.52. The molecule has 0 aromatic heterocycles. The SMILES string of the molecule is O=C(CCCO)Nc1ccc2c(c1)Cc1ccccc1-2. The van der Waals surface area contributed by atoms with Crippen molar-refractivity contribution in [3.05, 3.63) is 53.6 Å². The lowest BCUT2D eigenvalue weighted by Gasteiger charge is -2.07. The summed E-state index contributed by atoms with van der Waals surface area (Å²) in [5.74, 6) is -0.0467. The fourth-order valence-corrected chi connectivity index (χ4v) is 2.69. The Bertz CT molecular complexity index is 649. The van der Waals surface area contributed by atoms with E-state index < -0.39 is 0 Å². The predicted molar refractivity (Wildman–Crippen MR) is 79.6 cm³/mol. The van der Waals surface area contributed by atoms with Gasteiger partial charge < -0.3 is 10.4 Å². The molecular formula is C17H17NO2. The minimum atomic E-state index is -0.0467. The molecule has 0 radical (unpaired) electrons. The molecule has 2 aromatic carbocycles. The van der Waals surface area contributed by atoms with E-state index in [0.29, 0.717) is 12.8 Å². The number of hydrogen-bond acceptors (Lipinski definition) is 2. The zero-order chi connectivity index (χ0) is 13.9. The van der Waals surface area contributed by atoms with Crippen molar-refractivity contribution >= 4 is 11.6 Å². The van der Waals surface area contributed by atoms with Crippen molar-refractivity contribution in [1.82, 2.24) is 0 Å². The van der Waals surface area contributed by atoms with Gasteiger partial charge in [0.2, 0.25) is 5.91 Å². The molecule has 0 fully saturated rings. The zero-order valence-corrected chi connectivity index (χ0v) is 11.2. The number of fused-ring (bicyclic) bond motifs is 3. The van der Waals surface area contributed by atoms with Crippen molar-refractivity contribution < 1.29 is 9.90 Å². The molecule has 1 amide bonds. The summed E-state index contributed by atoms with van der Waals surface area (Å²) in [6.45, 7) is 0.0485. The molecule has 1 aliphatic carbocycles. The van der Waals surface area contributed by atoms with Crippen molar-refractivity contribution in [3.8, 4) is 11.1 Å². The van der Waals surface area contributed by atoms with Gasteiger partial charge in [-0.05, 0) is 47.2 Å². The van der Waals surface area contributed by atoms with Crippen molar-refractivity contribution in [3.63, 3.8) is 0 Å². The summed E-state index contributed by atoms with van der Waals surface area (Å²) in [6, 6.07) is 14.5. The van der Waals surface area contributed by atoms with Crippen LogP contribution in [0.3, 0.4) is 0 Å². The van der Waals surface area contributed by atoms with Gasteiger partial charge in [-0.25, -0.2) is 0 Å². The molecule has 20 heavy (non-hydrogen) atoms. The first-order chi connectivity index (χ1) is 9.78. The molecule has 0 saturated carbocycles. The number of amides is 1. The lowest BCUT2D eigenvalue weighted by molar-refractivity contribution is -0.116. The van der Waals surface area contributed by atoms with Crippen molar-refractivity contribution in [1.29, 1.82) is 0 Å². The van der Waals surface area contributed by atoms with E-state index in [-0.39, 0.29) is 12.5 Å². The van der Waals surface area contributed by atoms with Gasteiger partial charge in [0.25, 0.3) is 0 Å². The normalized spacial score (nSPS) is 11.8. The van der Waals surface area contributed by atoms with Gasteiger partial charge in [0.05, 0.1) is 0 Å². The number of carbonyl (C=O) groups is 1. The predicted octanol–water partition coefficient (Wildman–Crippen LogP) is 2.97. The third-order valence-corrected chi connectivity index (χ3v) is 3.64. The van der Waals surface area contributed by atoms with E-state index in [0.717, 1.165) is 12.1 Å². The van der Waals surface area contributed by atoms with Gasteiger partial charge in [-0.3, -0.25) is 4.79 Å². The van der Waals surface area contributed by atoms with Gasteiger partial charge in [0.15, 0.2) is 0 Å². The number of hydrogen-bond donors (Lipinski definition) is 2. The highest BCUT2D eigenvalue weighted by molar-refractivity contribution is 5.91. The Morgan fingerprint density at radius 3 is 2.75 bits per heavy atom. The maximum absolute atomic E-state index is 11.7. The van der Waals surface area contributed by atoms with Crippen LogP contribution in [0, 0.1) is 0 Å². The number of rotatable bonds is 4. The maximum Gasteiger partial charge on any atom is 0.224 e. The van der Waals surface area contributed by atoms with Crippen LogP contribution in [-0.2, 0) is 11.2 Å². The molecular weight excluding hydrogens is 250 g/mol. The molecule has 0 spiro atoms. The van der Waals surface area contributed by atoms with Crippen LogP contribution in [0.15, 0.2) is 42.5 Å². The third-order valence-electron chi connectivity index (χ3n) is 3.64. The second-order valence-electron chi connectivity index (χ2n) is 5.08. The summed E-state index contributed by atoms with van der Waals surface area (Å²) in [6.07, 6.45) is 1.78. The zero-order valence-electron chi connectivity index (χ0n) is 11.2. The molecule has 0 atom stereocenters. The van der Waals surface area contributed by atoms with Crippen LogP contribution in [0.4, 0.5) is 5.69 Å². The van der Waals surface area contributed by atoms with Gasteiger partial charge in [-0.1, -0.05) is 30.3 Å². The average molecular weight is 267 g/mol. The van der Waals surface area contributed by atoms with Crippen molar-refractivity contribution in [2.45, 2.75) is 19.3 Å². The molecule has 2 N–H and O–H groups in total. The molecule has 3 rings (SSSR count). The Morgan fingerprint density at radius 1 is 1.10 bits per heavy atom. The molecule has 0 heterocycles. The van der Waals surface area contributed by atoms with Gasteiger partial charge in [-0.2, -0.15) is 0 Å². The van der Waals surface area contributed by atoms with E-state index in [1.807, 2.05) is 12.1 Å². The fraction of sp³-hybridized carbons (Fsp3) is 0.235. The molecule has 0 aliphatic heterocycles. The van der Waals surface area contributed by atoms with Crippen LogP contribution < -0.4 is 5.32 Å². The highest BCUT2D eigenvalue weighted by Gasteiger charge is 2.18. The van der Waals surface area contributed by atoms with E-state index in [4.69, 9.17) is 5.11 Å². The monoisotopic (exact) mass is 267 g/mol. The first kappa shape index (κ1) is 12.9. The van der Waals surface area contributed by atoms with Crippen LogP contribution in [0.1, 0.15) is 24.0 Å². The molecule has 3 nitrogen and oxygen atoms in total. The molecule has 0 unspecified atom stereocenters. The lowest BCUT2D eigenvalue weighted by Crippen LogP contribution is -2.11. The van der Waals surface area contributed by atoms with E-state index in [2.05, 4.69) is 35.6 Å². The molecule has 0 bridgehead atoms. The molecule has 102 valence electrons. The van der Waals surface area contributed by atoms with Crippen LogP contribution in [-0.4, -0.2) is 17.6 Å². The van der Waals surface area contributed by atoms with E-state index >= 15 is 0 Å². The topological polar surface area (TPSA) is 49.3 Å². The summed E-state index contributed by atoms with van der Waals surface area (Å²) in [5.41, 5.74) is 5.98. The summed E-state index contributed by atoms with van der Waals surface area (Å²) in [7, 11) is 0. The minimum Gasteiger partial charge on any atom is -0.396 e. The minimum absolute atomic E-state index is 0.0467. The van der Waals surface area contributed by atoms with Crippen molar-refractivity contribution in [2.75, 3.05) is 11.9 Å². The number of aliphatic hydroxyl groups is 1.